The summed E-state index contributed by atoms with van der Waals surface area (Å²) in [6, 6.07) is 13.5. The van der Waals surface area contributed by atoms with Crippen molar-refractivity contribution in [3.05, 3.63) is 53.6 Å². The number of hydrogen-bond acceptors (Lipinski definition) is 4. The van der Waals surface area contributed by atoms with Gasteiger partial charge in [-0.15, -0.1) is 5.10 Å². The average molecular weight is 302 g/mol. The number of ether oxygens (including phenoxy) is 1. The van der Waals surface area contributed by atoms with E-state index >= 15 is 0 Å². The molecule has 1 heterocycles. The van der Waals surface area contributed by atoms with Gasteiger partial charge in [0.25, 0.3) is 0 Å². The molecule has 3 aromatic rings. The molecule has 1 aromatic heterocycles. The first-order valence-corrected chi connectivity index (χ1v) is 6.80. The van der Waals surface area contributed by atoms with E-state index in [1.54, 1.807) is 35.9 Å². The lowest BCUT2D eigenvalue weighted by molar-refractivity contribution is -0.137. The monoisotopic (exact) mass is 301 g/mol. The molecular weight excluding hydrogens is 290 g/mol. The highest BCUT2D eigenvalue weighted by atomic mass is 35.5. The third kappa shape index (κ3) is 2.73. The van der Waals surface area contributed by atoms with E-state index in [9.17, 15) is 4.79 Å². The Bertz CT molecular complexity index is 783. The lowest BCUT2D eigenvalue weighted by Crippen LogP contribution is -2.22. The van der Waals surface area contributed by atoms with Crippen molar-refractivity contribution in [1.29, 1.82) is 0 Å². The first kappa shape index (κ1) is 13.6. The molecule has 0 aliphatic carbocycles. The third-order valence-electron chi connectivity index (χ3n) is 3.12. The minimum atomic E-state index is -0.576. The van der Waals surface area contributed by atoms with Crippen molar-refractivity contribution in [3.63, 3.8) is 0 Å². The number of rotatable bonds is 3. The lowest BCUT2D eigenvalue weighted by atomic mass is 10.3. The van der Waals surface area contributed by atoms with E-state index < -0.39 is 12.0 Å². The van der Waals surface area contributed by atoms with Crippen molar-refractivity contribution in [2.24, 2.45) is 0 Å². The highest BCUT2D eigenvalue weighted by Crippen LogP contribution is 2.20. The number of carbonyl (C=O) groups is 1. The molecule has 0 bridgehead atoms. The first-order valence-electron chi connectivity index (χ1n) is 6.42. The smallest absolute Gasteiger partial charge is 0.336 e. The van der Waals surface area contributed by atoms with Gasteiger partial charge in [0, 0.05) is 5.02 Å². The fourth-order valence-corrected chi connectivity index (χ4v) is 2.10. The zero-order valence-electron chi connectivity index (χ0n) is 11.2. The normalized spacial score (nSPS) is 12.3. The quantitative estimate of drug-likeness (QED) is 0.550. The molecule has 0 aliphatic heterocycles. The van der Waals surface area contributed by atoms with Crippen molar-refractivity contribution in [3.8, 4) is 5.75 Å². The summed E-state index contributed by atoms with van der Waals surface area (Å²) in [7, 11) is 0. The average Bonchev–Trinajstić information content (AvgIpc) is 2.92. The van der Waals surface area contributed by atoms with Gasteiger partial charge in [-0.05, 0) is 43.3 Å². The van der Waals surface area contributed by atoms with E-state index in [4.69, 9.17) is 16.3 Å². The number of fused-ring (bicyclic) bond motifs is 1. The van der Waals surface area contributed by atoms with Crippen LogP contribution in [0, 0.1) is 0 Å². The number of esters is 1. The first-order chi connectivity index (χ1) is 10.1. The van der Waals surface area contributed by atoms with Crippen LogP contribution in [0.5, 0.6) is 5.75 Å². The van der Waals surface area contributed by atoms with Gasteiger partial charge in [-0.3, -0.25) is 0 Å². The second-order valence-electron chi connectivity index (χ2n) is 4.57. The van der Waals surface area contributed by atoms with E-state index in [0.29, 0.717) is 10.8 Å². The van der Waals surface area contributed by atoms with Gasteiger partial charge in [-0.2, -0.15) is 0 Å². The fraction of sp³-hybridized carbons (Fsp3) is 0.133. The van der Waals surface area contributed by atoms with E-state index in [1.165, 1.54) is 0 Å². The minimum Gasteiger partial charge on any atom is -0.425 e. The van der Waals surface area contributed by atoms with Crippen LogP contribution >= 0.6 is 11.6 Å². The van der Waals surface area contributed by atoms with E-state index in [-0.39, 0.29) is 0 Å². The molecule has 0 radical (unpaired) electrons. The molecule has 0 saturated heterocycles. The van der Waals surface area contributed by atoms with Crippen LogP contribution < -0.4 is 4.74 Å². The Morgan fingerprint density at radius 2 is 1.90 bits per heavy atom. The number of aromatic nitrogens is 3. The topological polar surface area (TPSA) is 57.0 Å². The number of nitrogens with zero attached hydrogens (tertiary/aromatic N) is 3. The van der Waals surface area contributed by atoms with Crippen LogP contribution in [0.2, 0.25) is 5.02 Å². The van der Waals surface area contributed by atoms with Crippen molar-refractivity contribution in [2.45, 2.75) is 13.0 Å². The molecule has 0 aliphatic rings. The van der Waals surface area contributed by atoms with Gasteiger partial charge < -0.3 is 4.74 Å². The van der Waals surface area contributed by atoms with Gasteiger partial charge in [0.05, 0.1) is 5.52 Å². The van der Waals surface area contributed by atoms with Crippen molar-refractivity contribution in [1.82, 2.24) is 15.0 Å². The number of halogens is 1. The molecule has 3 rings (SSSR count). The molecule has 1 atom stereocenters. The SMILES string of the molecule is CC(C(=O)Oc1ccc(Cl)cc1)n1nnc2ccccc21. The summed E-state index contributed by atoms with van der Waals surface area (Å²) < 4.78 is 6.87. The van der Waals surface area contributed by atoms with Gasteiger partial charge >= 0.3 is 5.97 Å². The van der Waals surface area contributed by atoms with Crippen LogP contribution in [-0.2, 0) is 4.79 Å². The largest absolute Gasteiger partial charge is 0.425 e. The predicted molar refractivity (Wildman–Crippen MR) is 79.3 cm³/mol. The zero-order valence-corrected chi connectivity index (χ0v) is 12.0. The van der Waals surface area contributed by atoms with Crippen molar-refractivity contribution >= 4 is 28.6 Å². The Morgan fingerprint density at radius 1 is 1.19 bits per heavy atom. The second kappa shape index (κ2) is 5.54. The number of hydrogen-bond donors (Lipinski definition) is 0. The summed E-state index contributed by atoms with van der Waals surface area (Å²) in [4.78, 5) is 12.2. The van der Waals surface area contributed by atoms with E-state index in [2.05, 4.69) is 10.3 Å². The molecule has 21 heavy (non-hydrogen) atoms. The van der Waals surface area contributed by atoms with Crippen LogP contribution in [0.15, 0.2) is 48.5 Å². The van der Waals surface area contributed by atoms with Gasteiger partial charge in [-0.25, -0.2) is 9.48 Å². The summed E-state index contributed by atoms with van der Waals surface area (Å²) in [6.45, 7) is 1.72. The number of para-hydroxylation sites is 1. The van der Waals surface area contributed by atoms with Gasteiger partial charge in [0.1, 0.15) is 17.3 Å². The molecule has 0 N–H and O–H groups in total. The Kier molecular flexibility index (Phi) is 3.58. The maximum Gasteiger partial charge on any atom is 0.336 e. The lowest BCUT2D eigenvalue weighted by Gasteiger charge is -2.12. The second-order valence-corrected chi connectivity index (χ2v) is 5.01. The molecule has 1 unspecified atom stereocenters. The maximum absolute atomic E-state index is 12.2. The van der Waals surface area contributed by atoms with Crippen LogP contribution in [0.3, 0.4) is 0 Å². The highest BCUT2D eigenvalue weighted by Gasteiger charge is 2.20. The highest BCUT2D eigenvalue weighted by molar-refractivity contribution is 6.30. The summed E-state index contributed by atoms with van der Waals surface area (Å²) in [6.07, 6.45) is 0. The number of benzene rings is 2. The van der Waals surface area contributed by atoms with Gasteiger partial charge in [-0.1, -0.05) is 28.9 Å². The molecule has 6 heteroatoms. The van der Waals surface area contributed by atoms with Crippen LogP contribution in [0.4, 0.5) is 0 Å². The van der Waals surface area contributed by atoms with Crippen molar-refractivity contribution in [2.75, 3.05) is 0 Å². The molecule has 0 fully saturated rings. The van der Waals surface area contributed by atoms with Crippen LogP contribution in [0.1, 0.15) is 13.0 Å². The standard InChI is InChI=1S/C15H12ClN3O2/c1-10(15(20)21-12-8-6-11(16)7-9-12)19-14-5-3-2-4-13(14)17-18-19/h2-10H,1H3. The Labute approximate surface area is 126 Å². The minimum absolute atomic E-state index is 0.409. The van der Waals surface area contributed by atoms with Crippen LogP contribution in [-0.4, -0.2) is 21.0 Å². The van der Waals surface area contributed by atoms with E-state index in [0.717, 1.165) is 11.0 Å². The van der Waals surface area contributed by atoms with Crippen molar-refractivity contribution < 1.29 is 9.53 Å². The Morgan fingerprint density at radius 3 is 2.67 bits per heavy atom. The molecular formula is C15H12ClN3O2. The maximum atomic E-state index is 12.2. The summed E-state index contributed by atoms with van der Waals surface area (Å²) in [5.74, 6) is 0.0358. The van der Waals surface area contributed by atoms with E-state index in [1.807, 2.05) is 24.3 Å². The summed E-state index contributed by atoms with van der Waals surface area (Å²) in [5, 5.41) is 8.63. The zero-order chi connectivity index (χ0) is 14.8. The Balaban J connectivity index is 1.82. The molecule has 5 nitrogen and oxygen atoms in total. The summed E-state index contributed by atoms with van der Waals surface area (Å²) >= 11 is 5.79. The summed E-state index contributed by atoms with van der Waals surface area (Å²) in [5.41, 5.74) is 1.53. The predicted octanol–water partition coefficient (Wildman–Crippen LogP) is 3.25. The molecule has 0 spiro atoms. The molecule has 0 amide bonds. The molecule has 106 valence electrons. The van der Waals surface area contributed by atoms with Gasteiger partial charge in [0.2, 0.25) is 0 Å². The molecule has 0 saturated carbocycles. The van der Waals surface area contributed by atoms with Crippen LogP contribution in [0.25, 0.3) is 11.0 Å². The Hall–Kier alpha value is -2.40. The fourth-order valence-electron chi connectivity index (χ4n) is 1.98. The third-order valence-corrected chi connectivity index (χ3v) is 3.37. The van der Waals surface area contributed by atoms with Gasteiger partial charge in [0.15, 0.2) is 0 Å². The number of carbonyl (C=O) groups excluding carboxylic acids is 1. The molecule has 2 aromatic carbocycles.